The van der Waals surface area contributed by atoms with E-state index in [1.807, 2.05) is 6.07 Å². The second-order valence-corrected chi connectivity index (χ2v) is 4.92. The summed E-state index contributed by atoms with van der Waals surface area (Å²) in [6, 6.07) is 6.13. The quantitative estimate of drug-likeness (QED) is 0.644. The topological polar surface area (TPSA) is 92.9 Å². The third kappa shape index (κ3) is 1.78. The molecule has 0 fully saturated rings. The Labute approximate surface area is 122 Å². The number of benzene rings is 1. The molecule has 7 heteroatoms. The maximum atomic E-state index is 12.4. The minimum atomic E-state index is -0.366. The van der Waals surface area contributed by atoms with Gasteiger partial charge in [0.25, 0.3) is 0 Å². The summed E-state index contributed by atoms with van der Waals surface area (Å²) in [7, 11) is 0. The van der Waals surface area contributed by atoms with Crippen molar-refractivity contribution in [2.45, 2.75) is 0 Å². The summed E-state index contributed by atoms with van der Waals surface area (Å²) in [4.78, 5) is 16.3. The molecule has 0 radical (unpaired) electrons. The number of nitrogens with two attached hydrogens (primary N) is 1. The molecule has 0 saturated heterocycles. The second kappa shape index (κ2) is 4.37. The normalized spacial score (nSPS) is 10.8. The molecule has 0 aliphatic heterocycles. The van der Waals surface area contributed by atoms with Crippen LogP contribution in [0.25, 0.3) is 22.1 Å². The van der Waals surface area contributed by atoms with Crippen molar-refractivity contribution in [3.8, 4) is 6.07 Å². The van der Waals surface area contributed by atoms with Gasteiger partial charge in [-0.25, -0.2) is 0 Å². The van der Waals surface area contributed by atoms with E-state index in [1.165, 1.54) is 18.2 Å². The molecule has 3 rings (SSSR count). The number of nitrogens with zero attached hydrogens (tertiary/aromatic N) is 2. The molecule has 0 saturated carbocycles. The summed E-state index contributed by atoms with van der Waals surface area (Å²) in [5.74, 6) is -0.00686. The summed E-state index contributed by atoms with van der Waals surface area (Å²) in [6.07, 6.45) is 0. The first-order valence-electron chi connectivity index (χ1n) is 5.43. The van der Waals surface area contributed by atoms with Crippen molar-refractivity contribution in [1.82, 2.24) is 4.98 Å². The summed E-state index contributed by atoms with van der Waals surface area (Å²) in [5, 5.41) is 9.83. The molecule has 0 unspecified atom stereocenters. The van der Waals surface area contributed by atoms with Crippen LogP contribution in [-0.4, -0.2) is 4.98 Å². The van der Waals surface area contributed by atoms with Gasteiger partial charge in [-0.2, -0.15) is 10.2 Å². The van der Waals surface area contributed by atoms with Crippen molar-refractivity contribution in [1.29, 1.82) is 5.26 Å². The number of hydrogen-bond acceptors (Lipinski definition) is 5. The Hall–Kier alpha value is -2.29. The van der Waals surface area contributed by atoms with Crippen LogP contribution in [0, 0.1) is 11.3 Å². The lowest BCUT2D eigenvalue weighted by molar-refractivity contribution is 0.645. The van der Waals surface area contributed by atoms with Gasteiger partial charge in [0.15, 0.2) is 5.58 Å². The average molecular weight is 306 g/mol. The van der Waals surface area contributed by atoms with Crippen molar-refractivity contribution < 1.29 is 4.42 Å². The van der Waals surface area contributed by atoms with Crippen LogP contribution in [-0.2, 0) is 0 Å². The van der Waals surface area contributed by atoms with E-state index in [1.54, 1.807) is 0 Å². The SMILES string of the molecule is N#Cc1cc2c(=O)c3cc(Cl)cc(Cl)c3oc2nc1N. The van der Waals surface area contributed by atoms with Crippen molar-refractivity contribution in [3.05, 3.63) is 44.0 Å². The highest BCUT2D eigenvalue weighted by atomic mass is 35.5. The van der Waals surface area contributed by atoms with Gasteiger partial charge in [-0.15, -0.1) is 0 Å². The summed E-state index contributed by atoms with van der Waals surface area (Å²) < 4.78 is 5.50. The average Bonchev–Trinajstić information content (AvgIpc) is 2.40. The van der Waals surface area contributed by atoms with Crippen molar-refractivity contribution >= 4 is 51.1 Å². The molecular weight excluding hydrogens is 301 g/mol. The number of aromatic nitrogens is 1. The Bertz CT molecular complexity index is 973. The Morgan fingerprint density at radius 2 is 2.00 bits per heavy atom. The van der Waals surface area contributed by atoms with E-state index in [2.05, 4.69) is 4.98 Å². The number of hydrogen-bond donors (Lipinski definition) is 1. The first-order valence-corrected chi connectivity index (χ1v) is 6.19. The van der Waals surface area contributed by atoms with Gasteiger partial charge in [0.1, 0.15) is 11.9 Å². The zero-order chi connectivity index (χ0) is 14.4. The van der Waals surface area contributed by atoms with E-state index in [9.17, 15) is 4.79 Å². The fraction of sp³-hybridized carbons (Fsp3) is 0. The molecule has 2 aromatic heterocycles. The molecule has 0 bridgehead atoms. The van der Waals surface area contributed by atoms with Gasteiger partial charge in [-0.3, -0.25) is 4.79 Å². The number of nitriles is 1. The van der Waals surface area contributed by atoms with Crippen molar-refractivity contribution in [2.24, 2.45) is 0 Å². The van der Waals surface area contributed by atoms with Crippen LogP contribution in [0.1, 0.15) is 5.56 Å². The highest BCUT2D eigenvalue weighted by molar-refractivity contribution is 6.38. The van der Waals surface area contributed by atoms with Crippen LogP contribution >= 0.6 is 23.2 Å². The molecule has 20 heavy (non-hydrogen) atoms. The molecule has 0 spiro atoms. The van der Waals surface area contributed by atoms with Crippen LogP contribution in [0.2, 0.25) is 10.0 Å². The first-order chi connectivity index (χ1) is 9.51. The van der Waals surface area contributed by atoms with Gasteiger partial charge in [0.2, 0.25) is 11.1 Å². The molecule has 0 aliphatic rings. The zero-order valence-corrected chi connectivity index (χ0v) is 11.3. The Balaban J connectivity index is 2.59. The predicted octanol–water partition coefficient (Wildman–Crippen LogP) is 3.10. The van der Waals surface area contributed by atoms with Gasteiger partial charge in [0, 0.05) is 5.02 Å². The molecule has 0 aliphatic carbocycles. The second-order valence-electron chi connectivity index (χ2n) is 4.08. The van der Waals surface area contributed by atoms with E-state index >= 15 is 0 Å². The molecule has 1 aromatic carbocycles. The number of halogens is 2. The number of anilines is 1. The third-order valence-electron chi connectivity index (χ3n) is 2.83. The maximum Gasteiger partial charge on any atom is 0.232 e. The van der Waals surface area contributed by atoms with Gasteiger partial charge in [0.05, 0.1) is 21.4 Å². The van der Waals surface area contributed by atoms with Gasteiger partial charge < -0.3 is 10.2 Å². The number of fused-ring (bicyclic) bond motifs is 2. The fourth-order valence-corrected chi connectivity index (χ4v) is 2.45. The minimum absolute atomic E-state index is 0.00686. The molecule has 2 heterocycles. The summed E-state index contributed by atoms with van der Waals surface area (Å²) in [5.41, 5.74) is 5.56. The highest BCUT2D eigenvalue weighted by Gasteiger charge is 2.14. The van der Waals surface area contributed by atoms with Crippen molar-refractivity contribution in [2.75, 3.05) is 5.73 Å². The largest absolute Gasteiger partial charge is 0.436 e. The van der Waals surface area contributed by atoms with Crippen LogP contribution < -0.4 is 11.2 Å². The Kier molecular flexibility index (Phi) is 2.78. The Morgan fingerprint density at radius 1 is 1.25 bits per heavy atom. The van der Waals surface area contributed by atoms with Gasteiger partial charge >= 0.3 is 0 Å². The molecule has 3 aromatic rings. The fourth-order valence-electron chi connectivity index (χ4n) is 1.91. The summed E-state index contributed by atoms with van der Waals surface area (Å²) in [6.45, 7) is 0. The Morgan fingerprint density at radius 3 is 2.70 bits per heavy atom. The molecule has 0 amide bonds. The monoisotopic (exact) mass is 305 g/mol. The van der Waals surface area contributed by atoms with Crippen molar-refractivity contribution in [3.63, 3.8) is 0 Å². The summed E-state index contributed by atoms with van der Waals surface area (Å²) >= 11 is 11.9. The number of rotatable bonds is 0. The van der Waals surface area contributed by atoms with E-state index < -0.39 is 0 Å². The van der Waals surface area contributed by atoms with E-state index in [0.29, 0.717) is 5.02 Å². The first kappa shape index (κ1) is 12.7. The van der Waals surface area contributed by atoms with E-state index in [4.69, 9.17) is 38.6 Å². The van der Waals surface area contributed by atoms with Gasteiger partial charge in [-0.05, 0) is 18.2 Å². The van der Waals surface area contributed by atoms with E-state index in [0.717, 1.165) is 0 Å². The van der Waals surface area contributed by atoms with E-state index in [-0.39, 0.29) is 43.9 Å². The maximum absolute atomic E-state index is 12.4. The molecular formula is C13H5Cl2N3O2. The lowest BCUT2D eigenvalue weighted by Gasteiger charge is -2.04. The minimum Gasteiger partial charge on any atom is -0.436 e. The number of pyridine rings is 1. The third-order valence-corrected chi connectivity index (χ3v) is 3.33. The van der Waals surface area contributed by atoms with Crippen LogP contribution in [0.4, 0.5) is 5.82 Å². The molecule has 98 valence electrons. The van der Waals surface area contributed by atoms with Gasteiger partial charge in [-0.1, -0.05) is 23.2 Å². The van der Waals surface area contributed by atoms with Crippen LogP contribution in [0.3, 0.4) is 0 Å². The zero-order valence-electron chi connectivity index (χ0n) is 9.78. The van der Waals surface area contributed by atoms with Crippen LogP contribution in [0.15, 0.2) is 27.4 Å². The molecule has 2 N–H and O–H groups in total. The predicted molar refractivity (Wildman–Crippen MR) is 76.9 cm³/mol. The smallest absolute Gasteiger partial charge is 0.232 e. The lowest BCUT2D eigenvalue weighted by atomic mass is 10.1. The molecule has 0 atom stereocenters. The lowest BCUT2D eigenvalue weighted by Crippen LogP contribution is -2.06. The van der Waals surface area contributed by atoms with Crippen LogP contribution in [0.5, 0.6) is 0 Å². The molecule has 5 nitrogen and oxygen atoms in total. The standard InChI is InChI=1S/C13H5Cl2N3O2/c14-6-2-7-10(19)8-1-5(4-16)12(17)18-13(8)20-11(7)9(15)3-6/h1-3H,(H2,17,18). The highest BCUT2D eigenvalue weighted by Crippen LogP contribution is 2.28. The number of nitrogen functional groups attached to an aromatic ring is 1.